The minimum absolute atomic E-state index is 0.210. The van der Waals surface area contributed by atoms with Gasteiger partial charge in [-0.15, -0.1) is 0 Å². The topological polar surface area (TPSA) is 46.2 Å². The molecule has 19 heavy (non-hydrogen) atoms. The van der Waals surface area contributed by atoms with Crippen molar-refractivity contribution >= 4 is 0 Å². The molecule has 3 N–H and O–H groups in total. The molecule has 0 heterocycles. The summed E-state index contributed by atoms with van der Waals surface area (Å²) < 4.78 is 0. The second-order valence-electron chi connectivity index (χ2n) is 6.68. The van der Waals surface area contributed by atoms with Gasteiger partial charge in [0.15, 0.2) is 0 Å². The minimum Gasteiger partial charge on any atom is -0.389 e. The number of nitrogens with two attached hydrogens (primary N) is 1. The monoisotopic (exact) mass is 259 g/mol. The van der Waals surface area contributed by atoms with Crippen LogP contribution in [0.2, 0.25) is 0 Å². The largest absolute Gasteiger partial charge is 0.389 e. The van der Waals surface area contributed by atoms with Crippen molar-refractivity contribution in [1.82, 2.24) is 0 Å². The molecule has 0 radical (unpaired) electrons. The van der Waals surface area contributed by atoms with Crippen molar-refractivity contribution in [2.45, 2.75) is 56.5 Å². The molecule has 2 nitrogen and oxygen atoms in total. The average molecular weight is 259 g/mol. The van der Waals surface area contributed by atoms with E-state index in [0.29, 0.717) is 12.5 Å². The highest BCUT2D eigenvalue weighted by molar-refractivity contribution is 5.43. The summed E-state index contributed by atoms with van der Waals surface area (Å²) in [5.74, 6) is 0.606. The van der Waals surface area contributed by atoms with Crippen molar-refractivity contribution < 1.29 is 5.11 Å². The standard InChI is InChI=1S/C17H25NO/c1-13-5-4-9-17(19,11-13)16(12-18)10-8-14-6-2-3-7-15(14)16/h2-3,6-7,13,19H,4-5,8-12,18H2,1H3. The lowest BCUT2D eigenvalue weighted by Crippen LogP contribution is -2.56. The van der Waals surface area contributed by atoms with Crippen LogP contribution in [0.4, 0.5) is 0 Å². The van der Waals surface area contributed by atoms with Gasteiger partial charge in [-0.3, -0.25) is 0 Å². The maximum atomic E-state index is 11.4. The first-order valence-corrected chi connectivity index (χ1v) is 7.62. The normalized spacial score (nSPS) is 38.2. The van der Waals surface area contributed by atoms with Gasteiger partial charge < -0.3 is 10.8 Å². The summed E-state index contributed by atoms with van der Waals surface area (Å²) in [6.07, 6.45) is 6.24. The predicted octanol–water partition coefficient (Wildman–Crippen LogP) is 2.77. The van der Waals surface area contributed by atoms with E-state index in [4.69, 9.17) is 5.73 Å². The van der Waals surface area contributed by atoms with Crippen molar-refractivity contribution in [1.29, 1.82) is 0 Å². The second kappa shape index (κ2) is 4.60. The Labute approximate surface area is 116 Å². The third kappa shape index (κ3) is 1.85. The lowest BCUT2D eigenvalue weighted by Gasteiger charge is -2.49. The highest BCUT2D eigenvalue weighted by Crippen LogP contribution is 2.52. The molecule has 2 aliphatic carbocycles. The third-order valence-electron chi connectivity index (χ3n) is 5.57. The summed E-state index contributed by atoms with van der Waals surface area (Å²) in [6.45, 7) is 2.82. The van der Waals surface area contributed by atoms with E-state index in [-0.39, 0.29) is 5.41 Å². The lowest BCUT2D eigenvalue weighted by atomic mass is 9.60. The van der Waals surface area contributed by atoms with Crippen LogP contribution in [-0.2, 0) is 11.8 Å². The lowest BCUT2D eigenvalue weighted by molar-refractivity contribution is -0.0783. The first-order chi connectivity index (χ1) is 9.11. The van der Waals surface area contributed by atoms with Gasteiger partial charge in [-0.2, -0.15) is 0 Å². The van der Waals surface area contributed by atoms with Crippen molar-refractivity contribution in [3.05, 3.63) is 35.4 Å². The molecular weight excluding hydrogens is 234 g/mol. The number of aryl methyl sites for hydroxylation is 1. The second-order valence-corrected chi connectivity index (χ2v) is 6.68. The molecule has 0 spiro atoms. The Bertz CT molecular complexity index is 472. The summed E-state index contributed by atoms with van der Waals surface area (Å²) in [6, 6.07) is 8.57. The number of benzene rings is 1. The molecule has 2 heteroatoms. The zero-order valence-corrected chi connectivity index (χ0v) is 11.9. The van der Waals surface area contributed by atoms with E-state index < -0.39 is 5.60 Å². The summed E-state index contributed by atoms with van der Waals surface area (Å²) in [4.78, 5) is 0. The van der Waals surface area contributed by atoms with E-state index in [2.05, 4.69) is 31.2 Å². The van der Waals surface area contributed by atoms with Gasteiger partial charge in [-0.05, 0) is 42.7 Å². The molecule has 104 valence electrons. The van der Waals surface area contributed by atoms with Gasteiger partial charge in [0, 0.05) is 12.0 Å². The van der Waals surface area contributed by atoms with Crippen LogP contribution in [0.3, 0.4) is 0 Å². The van der Waals surface area contributed by atoms with Crippen LogP contribution >= 0.6 is 0 Å². The van der Waals surface area contributed by atoms with Crippen LogP contribution in [0.5, 0.6) is 0 Å². The number of rotatable bonds is 2. The summed E-state index contributed by atoms with van der Waals surface area (Å²) in [7, 11) is 0. The number of hydrogen-bond donors (Lipinski definition) is 2. The van der Waals surface area contributed by atoms with E-state index in [9.17, 15) is 5.11 Å². The molecule has 1 saturated carbocycles. The first-order valence-electron chi connectivity index (χ1n) is 7.62. The fraction of sp³-hybridized carbons (Fsp3) is 0.647. The molecule has 0 aliphatic heterocycles. The van der Waals surface area contributed by atoms with Gasteiger partial charge in [-0.1, -0.05) is 44.0 Å². The summed E-state index contributed by atoms with van der Waals surface area (Å²) >= 11 is 0. The third-order valence-corrected chi connectivity index (χ3v) is 5.57. The van der Waals surface area contributed by atoms with Gasteiger partial charge in [0.1, 0.15) is 0 Å². The summed E-state index contributed by atoms with van der Waals surface area (Å²) in [5.41, 5.74) is 8.07. The van der Waals surface area contributed by atoms with E-state index in [1.807, 2.05) is 0 Å². The van der Waals surface area contributed by atoms with Crippen LogP contribution in [0.25, 0.3) is 0 Å². The maximum Gasteiger partial charge on any atom is 0.0758 e. The van der Waals surface area contributed by atoms with Gasteiger partial charge in [0.05, 0.1) is 5.60 Å². The van der Waals surface area contributed by atoms with Crippen LogP contribution in [0.15, 0.2) is 24.3 Å². The predicted molar refractivity (Wildman–Crippen MR) is 78.1 cm³/mol. The van der Waals surface area contributed by atoms with Crippen molar-refractivity contribution in [3.8, 4) is 0 Å². The zero-order valence-electron chi connectivity index (χ0n) is 11.9. The molecule has 3 atom stereocenters. The van der Waals surface area contributed by atoms with Crippen LogP contribution in [0, 0.1) is 5.92 Å². The highest BCUT2D eigenvalue weighted by Gasteiger charge is 2.54. The molecule has 3 unspecified atom stereocenters. The first kappa shape index (κ1) is 13.1. The van der Waals surface area contributed by atoms with Crippen LogP contribution in [-0.4, -0.2) is 17.3 Å². The fourth-order valence-corrected chi connectivity index (χ4v) is 4.53. The van der Waals surface area contributed by atoms with Crippen LogP contribution in [0.1, 0.15) is 50.2 Å². The number of hydrogen-bond acceptors (Lipinski definition) is 2. The highest BCUT2D eigenvalue weighted by atomic mass is 16.3. The van der Waals surface area contributed by atoms with Crippen LogP contribution < -0.4 is 5.73 Å². The van der Waals surface area contributed by atoms with E-state index in [0.717, 1.165) is 32.1 Å². The molecular formula is C17H25NO. The number of aliphatic hydroxyl groups is 1. The molecule has 0 aromatic heterocycles. The number of fused-ring (bicyclic) bond motifs is 1. The van der Waals surface area contributed by atoms with Crippen molar-refractivity contribution in [2.75, 3.05) is 6.54 Å². The van der Waals surface area contributed by atoms with Gasteiger partial charge >= 0.3 is 0 Å². The van der Waals surface area contributed by atoms with Crippen molar-refractivity contribution in [2.24, 2.45) is 11.7 Å². The Hall–Kier alpha value is -0.860. The molecule has 0 saturated heterocycles. The van der Waals surface area contributed by atoms with Crippen molar-refractivity contribution in [3.63, 3.8) is 0 Å². The Kier molecular flexibility index (Phi) is 3.18. The van der Waals surface area contributed by atoms with Gasteiger partial charge in [0.2, 0.25) is 0 Å². The van der Waals surface area contributed by atoms with E-state index >= 15 is 0 Å². The zero-order chi connectivity index (χ0) is 13.5. The Morgan fingerprint density at radius 3 is 2.84 bits per heavy atom. The minimum atomic E-state index is -0.605. The van der Waals surface area contributed by atoms with Gasteiger partial charge in [-0.25, -0.2) is 0 Å². The Balaban J connectivity index is 2.05. The quantitative estimate of drug-likeness (QED) is 0.858. The molecule has 1 fully saturated rings. The molecule has 0 amide bonds. The van der Waals surface area contributed by atoms with E-state index in [1.54, 1.807) is 0 Å². The van der Waals surface area contributed by atoms with Gasteiger partial charge in [0.25, 0.3) is 0 Å². The molecule has 3 rings (SSSR count). The smallest absolute Gasteiger partial charge is 0.0758 e. The van der Waals surface area contributed by atoms with E-state index in [1.165, 1.54) is 17.5 Å². The molecule has 2 aliphatic rings. The SMILES string of the molecule is CC1CCCC(O)(C2(CN)CCc3ccccc32)C1. The Morgan fingerprint density at radius 2 is 2.11 bits per heavy atom. The molecule has 1 aromatic carbocycles. The molecule has 0 bridgehead atoms. The Morgan fingerprint density at radius 1 is 1.32 bits per heavy atom. The summed E-state index contributed by atoms with van der Waals surface area (Å²) in [5, 5.41) is 11.4. The maximum absolute atomic E-state index is 11.4. The average Bonchev–Trinajstić information content (AvgIpc) is 2.79. The molecule has 1 aromatic rings. The fourth-order valence-electron chi connectivity index (χ4n) is 4.53.